The van der Waals surface area contributed by atoms with Gasteiger partial charge < -0.3 is 25.4 Å². The number of hydrogen-bond acceptors (Lipinski definition) is 5. The number of carbonyl (C=O) groups is 4. The predicted octanol–water partition coefficient (Wildman–Crippen LogP) is 2.45. The maximum Gasteiger partial charge on any atom is 0.336 e. The SMILES string of the molecule is O=C(O)/C=C/C(=O)Nc1ccccc1Oc1ccc(C(=O)O)c(C(=O)O)c1. The van der Waals surface area contributed by atoms with Gasteiger partial charge in [0.2, 0.25) is 5.91 Å². The molecule has 9 nitrogen and oxygen atoms in total. The number of amides is 1. The van der Waals surface area contributed by atoms with Crippen LogP contribution in [-0.4, -0.2) is 39.1 Å². The molecule has 0 saturated carbocycles. The third-order valence-corrected chi connectivity index (χ3v) is 3.20. The fraction of sp³-hybridized carbons (Fsp3) is 0. The van der Waals surface area contributed by atoms with Crippen molar-refractivity contribution in [1.29, 1.82) is 0 Å². The summed E-state index contributed by atoms with van der Waals surface area (Å²) in [4.78, 5) is 44.5. The molecule has 0 aliphatic heterocycles. The fourth-order valence-corrected chi connectivity index (χ4v) is 2.06. The zero-order valence-corrected chi connectivity index (χ0v) is 13.6. The first-order valence-electron chi connectivity index (χ1n) is 7.37. The lowest BCUT2D eigenvalue weighted by molar-refractivity contribution is -0.131. The van der Waals surface area contributed by atoms with Crippen molar-refractivity contribution in [2.75, 3.05) is 5.32 Å². The first-order valence-corrected chi connectivity index (χ1v) is 7.37. The van der Waals surface area contributed by atoms with Gasteiger partial charge in [0, 0.05) is 12.2 Å². The van der Waals surface area contributed by atoms with Crippen molar-refractivity contribution < 1.29 is 39.2 Å². The van der Waals surface area contributed by atoms with Crippen molar-refractivity contribution >= 4 is 29.5 Å². The van der Waals surface area contributed by atoms with E-state index in [1.165, 1.54) is 18.2 Å². The molecular formula is C18H13NO8. The molecule has 0 radical (unpaired) electrons. The van der Waals surface area contributed by atoms with Gasteiger partial charge in [0.25, 0.3) is 0 Å². The van der Waals surface area contributed by atoms with E-state index in [1.54, 1.807) is 12.1 Å². The molecule has 0 aromatic heterocycles. The van der Waals surface area contributed by atoms with Gasteiger partial charge in [-0.3, -0.25) is 4.79 Å². The van der Waals surface area contributed by atoms with Crippen molar-refractivity contribution in [3.05, 3.63) is 65.7 Å². The number of rotatable bonds is 7. The Balaban J connectivity index is 2.29. The van der Waals surface area contributed by atoms with Gasteiger partial charge in [0.15, 0.2) is 5.75 Å². The molecule has 9 heteroatoms. The highest BCUT2D eigenvalue weighted by molar-refractivity contribution is 6.03. The lowest BCUT2D eigenvalue weighted by Crippen LogP contribution is -2.10. The van der Waals surface area contributed by atoms with Crippen LogP contribution in [-0.2, 0) is 9.59 Å². The lowest BCUT2D eigenvalue weighted by atomic mass is 10.1. The highest BCUT2D eigenvalue weighted by Crippen LogP contribution is 2.30. The van der Waals surface area contributed by atoms with Crippen molar-refractivity contribution in [2.24, 2.45) is 0 Å². The largest absolute Gasteiger partial charge is 0.478 e. The van der Waals surface area contributed by atoms with Gasteiger partial charge in [0.1, 0.15) is 5.75 Å². The molecule has 4 N–H and O–H groups in total. The fourth-order valence-electron chi connectivity index (χ4n) is 2.06. The molecule has 0 bridgehead atoms. The van der Waals surface area contributed by atoms with Gasteiger partial charge in [-0.15, -0.1) is 0 Å². The Hall–Kier alpha value is -4.14. The minimum Gasteiger partial charge on any atom is -0.478 e. The van der Waals surface area contributed by atoms with Crippen molar-refractivity contribution in [1.82, 2.24) is 0 Å². The van der Waals surface area contributed by atoms with Crippen LogP contribution < -0.4 is 10.1 Å². The molecule has 0 heterocycles. The third-order valence-electron chi connectivity index (χ3n) is 3.20. The van der Waals surface area contributed by atoms with Crippen molar-refractivity contribution in [2.45, 2.75) is 0 Å². The summed E-state index contributed by atoms with van der Waals surface area (Å²) >= 11 is 0. The summed E-state index contributed by atoms with van der Waals surface area (Å²) in [6, 6.07) is 9.60. The number of hydrogen-bond donors (Lipinski definition) is 4. The first kappa shape index (κ1) is 19.2. The molecule has 0 unspecified atom stereocenters. The number of carbonyl (C=O) groups excluding carboxylic acids is 1. The number of para-hydroxylation sites is 2. The summed E-state index contributed by atoms with van der Waals surface area (Å²) in [7, 11) is 0. The summed E-state index contributed by atoms with van der Waals surface area (Å²) in [6.07, 6.45) is 1.49. The lowest BCUT2D eigenvalue weighted by Gasteiger charge is -2.12. The van der Waals surface area contributed by atoms with Crippen molar-refractivity contribution in [3.63, 3.8) is 0 Å². The Morgan fingerprint density at radius 2 is 1.52 bits per heavy atom. The Morgan fingerprint density at radius 3 is 2.15 bits per heavy atom. The number of aliphatic carboxylic acids is 1. The molecule has 27 heavy (non-hydrogen) atoms. The van der Waals surface area contributed by atoms with Crippen LogP contribution >= 0.6 is 0 Å². The molecule has 138 valence electrons. The standard InChI is InChI=1S/C18H13NO8/c20-15(7-8-16(21)22)19-13-3-1-2-4-14(13)27-10-5-6-11(17(23)24)12(9-10)18(25)26/h1-9H,(H,19,20)(H,21,22)(H,23,24)(H,25,26)/b8-7+. The minimum absolute atomic E-state index is 0.0418. The van der Waals surface area contributed by atoms with E-state index < -0.39 is 34.9 Å². The molecular weight excluding hydrogens is 358 g/mol. The summed E-state index contributed by atoms with van der Waals surface area (Å²) in [5.41, 5.74) is -0.641. The molecule has 2 aromatic rings. The number of nitrogens with one attached hydrogen (secondary N) is 1. The number of benzene rings is 2. The zero-order chi connectivity index (χ0) is 20.0. The summed E-state index contributed by atoms with van der Waals surface area (Å²) in [5.74, 6) is -4.63. The van der Waals surface area contributed by atoms with Gasteiger partial charge in [-0.05, 0) is 30.3 Å². The Morgan fingerprint density at radius 1 is 0.852 bits per heavy atom. The molecule has 2 rings (SSSR count). The van der Waals surface area contributed by atoms with Gasteiger partial charge in [-0.1, -0.05) is 12.1 Å². The van der Waals surface area contributed by atoms with E-state index in [4.69, 9.17) is 20.1 Å². The van der Waals surface area contributed by atoms with E-state index >= 15 is 0 Å². The van der Waals surface area contributed by atoms with Gasteiger partial charge in [0.05, 0.1) is 16.8 Å². The molecule has 0 aliphatic carbocycles. The van der Waals surface area contributed by atoms with E-state index in [0.717, 1.165) is 18.2 Å². The van der Waals surface area contributed by atoms with Crippen LogP contribution in [0, 0.1) is 0 Å². The second-order valence-electron chi connectivity index (χ2n) is 5.08. The van der Waals surface area contributed by atoms with Gasteiger partial charge >= 0.3 is 17.9 Å². The quantitative estimate of drug-likeness (QED) is 0.542. The average molecular weight is 371 g/mol. The highest BCUT2D eigenvalue weighted by Gasteiger charge is 2.17. The maximum atomic E-state index is 11.7. The molecule has 0 atom stereocenters. The topological polar surface area (TPSA) is 150 Å². The first-order chi connectivity index (χ1) is 12.8. The second kappa shape index (κ2) is 8.30. The monoisotopic (exact) mass is 371 g/mol. The van der Waals surface area contributed by atoms with Crippen LogP contribution in [0.1, 0.15) is 20.7 Å². The summed E-state index contributed by atoms with van der Waals surface area (Å²) in [6.45, 7) is 0. The van der Waals surface area contributed by atoms with E-state index in [2.05, 4.69) is 5.32 Å². The van der Waals surface area contributed by atoms with Crippen LogP contribution in [0.15, 0.2) is 54.6 Å². The molecule has 0 spiro atoms. The van der Waals surface area contributed by atoms with Crippen LogP contribution in [0.2, 0.25) is 0 Å². The van der Waals surface area contributed by atoms with Crippen LogP contribution in [0.4, 0.5) is 5.69 Å². The molecule has 0 saturated heterocycles. The van der Waals surface area contributed by atoms with E-state index in [1.807, 2.05) is 0 Å². The average Bonchev–Trinajstić information content (AvgIpc) is 2.61. The maximum absolute atomic E-state index is 11.7. The van der Waals surface area contributed by atoms with Crippen LogP contribution in [0.25, 0.3) is 0 Å². The Kier molecular flexibility index (Phi) is 5.90. The normalized spacial score (nSPS) is 10.4. The molecule has 2 aromatic carbocycles. The molecule has 0 aliphatic rings. The predicted molar refractivity (Wildman–Crippen MR) is 92.3 cm³/mol. The Labute approximate surface area is 152 Å². The minimum atomic E-state index is -1.43. The van der Waals surface area contributed by atoms with Crippen LogP contribution in [0.5, 0.6) is 11.5 Å². The summed E-state index contributed by atoms with van der Waals surface area (Å²) < 4.78 is 5.55. The number of carboxylic acids is 3. The van der Waals surface area contributed by atoms with E-state index in [0.29, 0.717) is 6.08 Å². The number of ether oxygens (including phenoxy) is 1. The van der Waals surface area contributed by atoms with Crippen molar-refractivity contribution in [3.8, 4) is 11.5 Å². The van der Waals surface area contributed by atoms with Gasteiger partial charge in [-0.25, -0.2) is 14.4 Å². The molecule has 1 amide bonds. The highest BCUT2D eigenvalue weighted by atomic mass is 16.5. The summed E-state index contributed by atoms with van der Waals surface area (Å²) in [5, 5.41) is 29.1. The second-order valence-corrected chi connectivity index (χ2v) is 5.08. The smallest absolute Gasteiger partial charge is 0.336 e. The number of aromatic carboxylic acids is 2. The third kappa shape index (κ3) is 5.16. The number of anilines is 1. The van der Waals surface area contributed by atoms with E-state index in [-0.39, 0.29) is 17.2 Å². The van der Waals surface area contributed by atoms with Crippen LogP contribution in [0.3, 0.4) is 0 Å². The zero-order valence-electron chi connectivity index (χ0n) is 13.6. The Bertz CT molecular complexity index is 948. The number of carboxylic acid groups (broad SMARTS) is 3. The van der Waals surface area contributed by atoms with E-state index in [9.17, 15) is 19.2 Å². The molecule has 0 fully saturated rings. The van der Waals surface area contributed by atoms with Gasteiger partial charge in [-0.2, -0.15) is 0 Å².